The highest BCUT2D eigenvalue weighted by Crippen LogP contribution is 2.31. The van der Waals surface area contributed by atoms with Crippen LogP contribution in [-0.2, 0) is 19.7 Å². The van der Waals surface area contributed by atoms with Gasteiger partial charge in [-0.25, -0.2) is 0 Å². The molecule has 0 saturated carbocycles. The average molecular weight is 246 g/mol. The first-order valence-electron chi connectivity index (χ1n) is 3.99. The Morgan fingerprint density at radius 1 is 1.25 bits per heavy atom. The fourth-order valence-corrected chi connectivity index (χ4v) is 2.38. The largest absolute Gasteiger partial charge is 0.549 e. The monoisotopic (exact) mass is 246 g/mol. The van der Waals surface area contributed by atoms with E-state index in [9.17, 15) is 28.2 Å². The van der Waals surface area contributed by atoms with Gasteiger partial charge in [0.25, 0.3) is 10.1 Å². The number of hydrogen-bond donors (Lipinski definition) is 1. The summed E-state index contributed by atoms with van der Waals surface area (Å²) >= 11 is 0. The van der Waals surface area contributed by atoms with E-state index >= 15 is 0 Å². The number of carbonyl (C=O) groups excluding carboxylic acids is 2. The van der Waals surface area contributed by atoms with Crippen LogP contribution in [0.25, 0.3) is 0 Å². The van der Waals surface area contributed by atoms with Crippen LogP contribution in [0, 0.1) is 5.92 Å². The fourth-order valence-electron chi connectivity index (χ4n) is 1.42. The summed E-state index contributed by atoms with van der Waals surface area (Å²) < 4.78 is 27.9. The lowest BCUT2D eigenvalue weighted by atomic mass is 9.87. The molecule has 0 aromatic heterocycles. The van der Waals surface area contributed by atoms with Crippen LogP contribution in [0.1, 0.15) is 0 Å². The van der Waals surface area contributed by atoms with Crippen LogP contribution in [0.2, 0.25) is 0 Å². The fraction of sp³-hybridized carbons (Fsp3) is 0.250. The maximum absolute atomic E-state index is 11.0. The quantitative estimate of drug-likeness (QED) is 0.519. The second kappa shape index (κ2) is 3.72. The molecule has 0 bridgehead atoms. The van der Waals surface area contributed by atoms with Crippen LogP contribution in [0.4, 0.5) is 0 Å². The van der Waals surface area contributed by atoms with Crippen molar-refractivity contribution in [3.8, 4) is 0 Å². The highest BCUT2D eigenvalue weighted by Gasteiger charge is 2.49. The van der Waals surface area contributed by atoms with Gasteiger partial charge < -0.3 is 19.8 Å². The van der Waals surface area contributed by atoms with Crippen LogP contribution in [-0.4, -0.2) is 29.7 Å². The summed E-state index contributed by atoms with van der Waals surface area (Å²) in [4.78, 5) is 21.5. The van der Waals surface area contributed by atoms with Crippen molar-refractivity contribution in [1.82, 2.24) is 0 Å². The van der Waals surface area contributed by atoms with Gasteiger partial charge in [0, 0.05) is 5.92 Å². The standard InChI is InChI=1S/C8H8O7S/c9-6(10)5-3-1-2-4-8(5,7(11)12)16(13,14)15/h1-5H,(H,9,10)(H,11,12)(H,13,14,15)/p-2. The van der Waals surface area contributed by atoms with Crippen molar-refractivity contribution in [3.05, 3.63) is 24.3 Å². The minimum atomic E-state index is -5.20. The van der Waals surface area contributed by atoms with Crippen LogP contribution >= 0.6 is 0 Å². The zero-order valence-electron chi connectivity index (χ0n) is 7.69. The number of allylic oxidation sites excluding steroid dienone is 2. The molecule has 0 fully saturated rings. The lowest BCUT2D eigenvalue weighted by Gasteiger charge is -2.36. The maximum Gasteiger partial charge on any atom is 0.280 e. The minimum absolute atomic E-state index is 0.540. The molecule has 0 aromatic carbocycles. The first-order chi connectivity index (χ1) is 7.23. The number of hydrogen-bond acceptors (Lipinski definition) is 6. The van der Waals surface area contributed by atoms with Crippen LogP contribution in [0.15, 0.2) is 24.3 Å². The average Bonchev–Trinajstić information content (AvgIpc) is 2.15. The van der Waals surface area contributed by atoms with Gasteiger partial charge in [0.2, 0.25) is 0 Å². The van der Waals surface area contributed by atoms with Gasteiger partial charge in [0.05, 0.1) is 11.9 Å². The molecular formula is C8H6O7S-2. The molecule has 0 radical (unpaired) electrons. The summed E-state index contributed by atoms with van der Waals surface area (Å²) in [6.45, 7) is 0. The Morgan fingerprint density at radius 3 is 2.12 bits per heavy atom. The number of carboxylic acids is 2. The van der Waals surface area contributed by atoms with Crippen molar-refractivity contribution in [3.63, 3.8) is 0 Å². The molecule has 0 amide bonds. The molecule has 2 atom stereocenters. The van der Waals surface area contributed by atoms with Gasteiger partial charge in [-0.1, -0.05) is 24.3 Å². The molecule has 1 rings (SSSR count). The Kier molecular flexibility index (Phi) is 2.89. The Morgan fingerprint density at radius 2 is 1.81 bits per heavy atom. The topological polar surface area (TPSA) is 135 Å². The van der Waals surface area contributed by atoms with Gasteiger partial charge in [-0.05, 0) is 0 Å². The Balaban J connectivity index is 3.52. The van der Waals surface area contributed by atoms with Crippen LogP contribution < -0.4 is 10.2 Å². The highest BCUT2D eigenvalue weighted by atomic mass is 32.2. The predicted octanol–water partition coefficient (Wildman–Crippen LogP) is -3.14. The molecule has 16 heavy (non-hydrogen) atoms. The summed E-state index contributed by atoms with van der Waals surface area (Å²) in [7, 11) is -5.20. The van der Waals surface area contributed by atoms with E-state index in [1.165, 1.54) is 0 Å². The minimum Gasteiger partial charge on any atom is -0.549 e. The normalized spacial score (nSPS) is 28.9. The van der Waals surface area contributed by atoms with Crippen molar-refractivity contribution in [2.24, 2.45) is 5.92 Å². The molecule has 1 aliphatic carbocycles. The summed E-state index contributed by atoms with van der Waals surface area (Å²) in [6.07, 6.45) is 3.45. The molecule has 0 heterocycles. The summed E-state index contributed by atoms with van der Waals surface area (Å²) in [5, 5.41) is 21.5. The lowest BCUT2D eigenvalue weighted by Crippen LogP contribution is -2.61. The van der Waals surface area contributed by atoms with Gasteiger partial charge in [0.15, 0.2) is 4.75 Å². The van der Waals surface area contributed by atoms with E-state index in [0.29, 0.717) is 6.08 Å². The van der Waals surface area contributed by atoms with Gasteiger partial charge in [-0.15, -0.1) is 0 Å². The molecule has 88 valence electrons. The van der Waals surface area contributed by atoms with Gasteiger partial charge in [0.1, 0.15) is 0 Å². The molecule has 2 unspecified atom stereocenters. The Labute approximate surface area is 90.4 Å². The SMILES string of the molecule is O=C([O-])C1C=CC=CC1(C(=O)[O-])S(=O)(=O)O. The molecule has 0 aliphatic heterocycles. The van der Waals surface area contributed by atoms with Crippen LogP contribution in [0.3, 0.4) is 0 Å². The number of rotatable bonds is 3. The number of aliphatic carboxylic acids is 2. The van der Waals surface area contributed by atoms with E-state index < -0.39 is 32.7 Å². The van der Waals surface area contributed by atoms with Gasteiger partial charge in [-0.3, -0.25) is 4.55 Å². The molecule has 0 saturated heterocycles. The zero-order valence-corrected chi connectivity index (χ0v) is 8.51. The van der Waals surface area contributed by atoms with E-state index in [4.69, 9.17) is 4.55 Å². The molecule has 8 heteroatoms. The predicted molar refractivity (Wildman–Crippen MR) is 46.1 cm³/mol. The van der Waals surface area contributed by atoms with E-state index in [2.05, 4.69) is 0 Å². The Bertz CT molecular complexity index is 487. The molecular weight excluding hydrogens is 240 g/mol. The van der Waals surface area contributed by atoms with E-state index in [1.807, 2.05) is 0 Å². The molecule has 0 spiro atoms. The third kappa shape index (κ3) is 1.61. The van der Waals surface area contributed by atoms with Crippen molar-refractivity contribution >= 4 is 22.1 Å². The maximum atomic E-state index is 11.0. The number of carbonyl (C=O) groups is 2. The van der Waals surface area contributed by atoms with E-state index in [0.717, 1.165) is 18.2 Å². The van der Waals surface area contributed by atoms with E-state index in [-0.39, 0.29) is 0 Å². The third-order valence-electron chi connectivity index (χ3n) is 2.22. The molecule has 1 aliphatic rings. The number of carboxylic acid groups (broad SMARTS) is 2. The van der Waals surface area contributed by atoms with E-state index in [1.54, 1.807) is 0 Å². The molecule has 1 N–H and O–H groups in total. The van der Waals surface area contributed by atoms with Crippen molar-refractivity contribution in [2.45, 2.75) is 4.75 Å². The van der Waals surface area contributed by atoms with Crippen molar-refractivity contribution < 1.29 is 32.8 Å². The summed E-state index contributed by atoms with van der Waals surface area (Å²) in [6, 6.07) is 0. The first kappa shape index (κ1) is 12.4. The Hall–Kier alpha value is -1.67. The zero-order chi connectivity index (χ0) is 12.6. The van der Waals surface area contributed by atoms with Crippen LogP contribution in [0.5, 0.6) is 0 Å². The van der Waals surface area contributed by atoms with Crippen molar-refractivity contribution in [1.29, 1.82) is 0 Å². The molecule has 7 nitrogen and oxygen atoms in total. The summed E-state index contributed by atoms with van der Waals surface area (Å²) in [5.41, 5.74) is 0. The van der Waals surface area contributed by atoms with Gasteiger partial charge in [-0.2, -0.15) is 8.42 Å². The van der Waals surface area contributed by atoms with Crippen molar-refractivity contribution in [2.75, 3.05) is 0 Å². The second-order valence-corrected chi connectivity index (χ2v) is 4.72. The molecule has 0 aromatic rings. The summed E-state index contributed by atoms with van der Waals surface area (Å²) in [5.74, 6) is -6.22. The van der Waals surface area contributed by atoms with Gasteiger partial charge >= 0.3 is 0 Å². The highest BCUT2D eigenvalue weighted by molar-refractivity contribution is 7.88. The lowest BCUT2D eigenvalue weighted by molar-refractivity contribution is -0.321. The smallest absolute Gasteiger partial charge is 0.280 e. The second-order valence-electron chi connectivity index (χ2n) is 3.10. The third-order valence-corrected chi connectivity index (χ3v) is 3.63. The first-order valence-corrected chi connectivity index (χ1v) is 5.43.